The zero-order valence-corrected chi connectivity index (χ0v) is 14.1. The van der Waals surface area contributed by atoms with E-state index >= 15 is 0 Å². The third-order valence-corrected chi connectivity index (χ3v) is 3.91. The molecule has 0 aliphatic rings. The van der Waals surface area contributed by atoms with Gasteiger partial charge < -0.3 is 10.4 Å². The van der Waals surface area contributed by atoms with Crippen molar-refractivity contribution in [2.24, 2.45) is 0 Å². The summed E-state index contributed by atoms with van der Waals surface area (Å²) in [4.78, 5) is 4.21. The van der Waals surface area contributed by atoms with Gasteiger partial charge in [0.1, 0.15) is 11.6 Å². The van der Waals surface area contributed by atoms with Crippen molar-refractivity contribution in [1.29, 1.82) is 0 Å². The van der Waals surface area contributed by atoms with Gasteiger partial charge in [0.05, 0.1) is 9.50 Å². The van der Waals surface area contributed by atoms with E-state index < -0.39 is 0 Å². The fraction of sp³-hybridized carbons (Fsp3) is 0.0833. The quantitative estimate of drug-likeness (QED) is 0.706. The highest BCUT2D eigenvalue weighted by Gasteiger charge is 2.09. The number of hydrogen-bond acceptors (Lipinski definition) is 3. The molecule has 100 valence electrons. The molecule has 0 saturated carbocycles. The maximum atomic E-state index is 9.84. The number of rotatable bonds is 3. The zero-order chi connectivity index (χ0) is 14.0. The number of anilines is 1. The molecule has 2 rings (SSSR count). The molecule has 19 heavy (non-hydrogen) atoms. The summed E-state index contributed by atoms with van der Waals surface area (Å²) in [5.41, 5.74) is 0.606. The highest BCUT2D eigenvalue weighted by atomic mass is 79.9. The number of hydrogen-bond donors (Lipinski definition) is 2. The molecule has 0 bridgehead atoms. The largest absolute Gasteiger partial charge is 0.506 e. The molecule has 1 aromatic carbocycles. The second-order valence-electron chi connectivity index (χ2n) is 3.73. The minimum Gasteiger partial charge on any atom is -0.506 e. The van der Waals surface area contributed by atoms with E-state index in [2.05, 4.69) is 42.2 Å². The molecule has 3 nitrogen and oxygen atoms in total. The Kier molecular flexibility index (Phi) is 4.95. The van der Waals surface area contributed by atoms with Crippen LogP contribution in [0.2, 0.25) is 10.0 Å². The first-order chi connectivity index (χ1) is 8.97. The fourth-order valence-corrected chi connectivity index (χ4v) is 3.14. The first-order valence-corrected chi connectivity index (χ1v) is 7.53. The Bertz CT molecular complexity index is 623. The lowest BCUT2D eigenvalue weighted by Crippen LogP contribution is -2.02. The zero-order valence-electron chi connectivity index (χ0n) is 9.42. The Labute approximate surface area is 137 Å². The Morgan fingerprint density at radius 3 is 2.63 bits per heavy atom. The van der Waals surface area contributed by atoms with Crippen LogP contribution in [0, 0.1) is 0 Å². The van der Waals surface area contributed by atoms with Crippen LogP contribution in [-0.4, -0.2) is 10.1 Å². The first-order valence-electron chi connectivity index (χ1n) is 5.19. The van der Waals surface area contributed by atoms with Crippen molar-refractivity contribution < 1.29 is 5.11 Å². The standard InChI is InChI=1S/C12H8Br2Cl2N2O/c13-7-2-9(14)12(18-5-7)17-4-6-1-8(15)3-10(16)11(6)19/h1-3,5,19H,4H2,(H,17,18). The number of halogens is 4. The molecular weight excluding hydrogens is 419 g/mol. The predicted octanol–water partition coefficient (Wildman–Crippen LogP) is 5.23. The fourth-order valence-electron chi connectivity index (χ4n) is 1.48. The van der Waals surface area contributed by atoms with Crippen LogP contribution in [0.5, 0.6) is 5.75 Å². The summed E-state index contributed by atoms with van der Waals surface area (Å²) in [6, 6.07) is 5.03. The highest BCUT2D eigenvalue weighted by Crippen LogP contribution is 2.32. The molecule has 1 aromatic heterocycles. The van der Waals surface area contributed by atoms with Gasteiger partial charge in [-0.1, -0.05) is 23.2 Å². The molecule has 0 atom stereocenters. The monoisotopic (exact) mass is 424 g/mol. The number of nitrogens with zero attached hydrogens (tertiary/aromatic N) is 1. The number of pyridine rings is 1. The van der Waals surface area contributed by atoms with E-state index in [-0.39, 0.29) is 10.8 Å². The van der Waals surface area contributed by atoms with Crippen molar-refractivity contribution in [3.8, 4) is 5.75 Å². The molecule has 0 fully saturated rings. The molecule has 0 radical (unpaired) electrons. The van der Waals surface area contributed by atoms with Gasteiger partial charge in [0.2, 0.25) is 0 Å². The second-order valence-corrected chi connectivity index (χ2v) is 6.35. The van der Waals surface area contributed by atoms with Gasteiger partial charge in [0, 0.05) is 27.8 Å². The molecule has 1 heterocycles. The first kappa shape index (κ1) is 14.9. The van der Waals surface area contributed by atoms with Gasteiger partial charge in [-0.2, -0.15) is 0 Å². The van der Waals surface area contributed by atoms with Crippen LogP contribution in [0.4, 0.5) is 5.82 Å². The summed E-state index contributed by atoms with van der Waals surface area (Å²) in [7, 11) is 0. The molecule has 0 aliphatic carbocycles. The topological polar surface area (TPSA) is 45.1 Å². The second kappa shape index (κ2) is 6.31. The summed E-state index contributed by atoms with van der Waals surface area (Å²) in [6.45, 7) is 0.360. The lowest BCUT2D eigenvalue weighted by Gasteiger charge is -2.10. The predicted molar refractivity (Wildman–Crippen MR) is 85.1 cm³/mol. The van der Waals surface area contributed by atoms with E-state index in [1.165, 1.54) is 6.07 Å². The van der Waals surface area contributed by atoms with Gasteiger partial charge in [-0.25, -0.2) is 4.98 Å². The molecule has 2 N–H and O–H groups in total. The van der Waals surface area contributed by atoms with E-state index in [0.717, 1.165) is 8.95 Å². The minimum absolute atomic E-state index is 0.0202. The SMILES string of the molecule is Oc1c(Cl)cc(Cl)cc1CNc1ncc(Br)cc1Br. The van der Waals surface area contributed by atoms with Crippen LogP contribution in [0.1, 0.15) is 5.56 Å². The molecule has 0 unspecified atom stereocenters. The molecule has 0 aliphatic heterocycles. The van der Waals surface area contributed by atoms with Crippen LogP contribution >= 0.6 is 55.1 Å². The lowest BCUT2D eigenvalue weighted by atomic mass is 10.2. The molecule has 0 amide bonds. The van der Waals surface area contributed by atoms with Gasteiger partial charge in [0.25, 0.3) is 0 Å². The number of phenols is 1. The van der Waals surface area contributed by atoms with Crippen LogP contribution in [0.3, 0.4) is 0 Å². The van der Waals surface area contributed by atoms with Crippen LogP contribution in [-0.2, 0) is 6.54 Å². The third kappa shape index (κ3) is 3.75. The maximum Gasteiger partial charge on any atom is 0.140 e. The van der Waals surface area contributed by atoms with Gasteiger partial charge in [-0.15, -0.1) is 0 Å². The smallest absolute Gasteiger partial charge is 0.140 e. The minimum atomic E-state index is 0.0202. The Balaban J connectivity index is 2.19. The maximum absolute atomic E-state index is 9.84. The number of phenolic OH excluding ortho intramolecular Hbond substituents is 1. The Hall–Kier alpha value is -0.490. The van der Waals surface area contributed by atoms with Crippen LogP contribution in [0.15, 0.2) is 33.3 Å². The molecule has 0 spiro atoms. The Morgan fingerprint density at radius 2 is 1.95 bits per heavy atom. The molecular formula is C12H8Br2Cl2N2O. The highest BCUT2D eigenvalue weighted by molar-refractivity contribution is 9.11. The van der Waals surface area contributed by atoms with E-state index in [1.54, 1.807) is 12.3 Å². The van der Waals surface area contributed by atoms with E-state index in [9.17, 15) is 5.11 Å². The molecule has 7 heteroatoms. The summed E-state index contributed by atoms with van der Waals surface area (Å²) in [5, 5.41) is 13.6. The number of benzene rings is 1. The normalized spacial score (nSPS) is 10.5. The number of nitrogens with one attached hydrogen (secondary N) is 1. The van der Waals surface area contributed by atoms with Crippen molar-refractivity contribution >= 4 is 60.9 Å². The molecule has 2 aromatic rings. The van der Waals surface area contributed by atoms with Gasteiger partial charge in [0.15, 0.2) is 0 Å². The van der Waals surface area contributed by atoms with Gasteiger partial charge in [-0.05, 0) is 50.1 Å². The van der Waals surface area contributed by atoms with Gasteiger partial charge in [-0.3, -0.25) is 0 Å². The summed E-state index contributed by atoms with van der Waals surface area (Å²) in [5.74, 6) is 0.686. The van der Waals surface area contributed by atoms with Crippen molar-refractivity contribution in [2.45, 2.75) is 6.54 Å². The third-order valence-electron chi connectivity index (χ3n) is 2.36. The van der Waals surface area contributed by atoms with Gasteiger partial charge >= 0.3 is 0 Å². The Morgan fingerprint density at radius 1 is 1.21 bits per heavy atom. The van der Waals surface area contributed by atoms with E-state index in [4.69, 9.17) is 23.2 Å². The summed E-state index contributed by atoms with van der Waals surface area (Å²) in [6.07, 6.45) is 1.68. The van der Waals surface area contributed by atoms with E-state index in [0.29, 0.717) is 22.9 Å². The number of aromatic hydroxyl groups is 1. The van der Waals surface area contributed by atoms with E-state index in [1.807, 2.05) is 6.07 Å². The molecule has 0 saturated heterocycles. The van der Waals surface area contributed by atoms with Crippen molar-refractivity contribution in [1.82, 2.24) is 4.98 Å². The van der Waals surface area contributed by atoms with Crippen molar-refractivity contribution in [3.05, 3.63) is 49.0 Å². The average Bonchev–Trinajstić information content (AvgIpc) is 2.33. The summed E-state index contributed by atoms with van der Waals surface area (Å²) < 4.78 is 1.69. The van der Waals surface area contributed by atoms with Crippen LogP contribution < -0.4 is 5.32 Å². The number of aromatic nitrogens is 1. The van der Waals surface area contributed by atoms with Crippen molar-refractivity contribution in [3.63, 3.8) is 0 Å². The average molecular weight is 427 g/mol. The van der Waals surface area contributed by atoms with Crippen molar-refractivity contribution in [2.75, 3.05) is 5.32 Å². The van der Waals surface area contributed by atoms with Crippen LogP contribution in [0.25, 0.3) is 0 Å². The lowest BCUT2D eigenvalue weighted by molar-refractivity contribution is 0.469. The summed E-state index contributed by atoms with van der Waals surface area (Å²) >= 11 is 18.5.